The van der Waals surface area contributed by atoms with Crippen molar-refractivity contribution in [2.75, 3.05) is 26.3 Å². The second-order valence-electron chi connectivity index (χ2n) is 8.15. The molecule has 30 heavy (non-hydrogen) atoms. The fourth-order valence-electron chi connectivity index (χ4n) is 4.02. The largest absolute Gasteiger partial charge is 0.382 e. The minimum atomic E-state index is 0.312. The summed E-state index contributed by atoms with van der Waals surface area (Å²) in [6, 6.07) is 4.28. The molecule has 0 spiro atoms. The third-order valence-corrected chi connectivity index (χ3v) is 7.02. The number of nitrogens with zero attached hydrogens (tertiary/aromatic N) is 4. The SMILES string of the molecule is CCOCCC1(CNC(=NCc2nnc(C)n2C)NCCc2cccs2)CCCC1. The first-order valence-electron chi connectivity index (χ1n) is 11.1. The van der Waals surface area contributed by atoms with Gasteiger partial charge in [-0.1, -0.05) is 18.9 Å². The van der Waals surface area contributed by atoms with Crippen molar-refractivity contribution in [1.29, 1.82) is 0 Å². The molecule has 0 bridgehead atoms. The average molecular weight is 433 g/mol. The van der Waals surface area contributed by atoms with Gasteiger partial charge in [0.2, 0.25) is 0 Å². The van der Waals surface area contributed by atoms with Crippen molar-refractivity contribution in [1.82, 2.24) is 25.4 Å². The Morgan fingerprint density at radius 3 is 2.80 bits per heavy atom. The quantitative estimate of drug-likeness (QED) is 0.323. The van der Waals surface area contributed by atoms with Crippen LogP contribution in [0.2, 0.25) is 0 Å². The minimum absolute atomic E-state index is 0.312. The molecule has 1 aliphatic carbocycles. The van der Waals surface area contributed by atoms with Crippen LogP contribution in [-0.2, 0) is 24.8 Å². The Morgan fingerprint density at radius 2 is 2.13 bits per heavy atom. The first kappa shape index (κ1) is 22.7. The first-order valence-corrected chi connectivity index (χ1v) is 12.0. The summed E-state index contributed by atoms with van der Waals surface area (Å²) in [5.41, 5.74) is 0.312. The molecule has 3 rings (SSSR count). The van der Waals surface area contributed by atoms with Gasteiger partial charge >= 0.3 is 0 Å². The zero-order chi connectivity index (χ0) is 21.2. The molecule has 0 amide bonds. The summed E-state index contributed by atoms with van der Waals surface area (Å²) < 4.78 is 7.66. The van der Waals surface area contributed by atoms with Gasteiger partial charge in [-0.3, -0.25) is 0 Å². The number of guanidine groups is 1. The molecule has 2 heterocycles. The van der Waals surface area contributed by atoms with Gasteiger partial charge in [-0.25, -0.2) is 4.99 Å². The molecule has 8 heteroatoms. The molecule has 0 radical (unpaired) electrons. The van der Waals surface area contributed by atoms with E-state index in [4.69, 9.17) is 9.73 Å². The molecule has 1 saturated carbocycles. The highest BCUT2D eigenvalue weighted by atomic mass is 32.1. The maximum absolute atomic E-state index is 5.66. The molecule has 2 aromatic rings. The highest BCUT2D eigenvalue weighted by Crippen LogP contribution is 2.40. The molecule has 0 aliphatic heterocycles. The van der Waals surface area contributed by atoms with Crippen LogP contribution in [0.4, 0.5) is 0 Å². The molecule has 0 saturated heterocycles. The lowest BCUT2D eigenvalue weighted by molar-refractivity contribution is 0.105. The van der Waals surface area contributed by atoms with Crippen LogP contribution in [0, 0.1) is 12.3 Å². The van der Waals surface area contributed by atoms with Crippen molar-refractivity contribution in [3.05, 3.63) is 34.0 Å². The Balaban J connectivity index is 1.61. The van der Waals surface area contributed by atoms with Crippen molar-refractivity contribution in [2.45, 2.75) is 58.9 Å². The van der Waals surface area contributed by atoms with Crippen molar-refractivity contribution in [3.63, 3.8) is 0 Å². The van der Waals surface area contributed by atoms with Crippen LogP contribution in [0.1, 0.15) is 55.6 Å². The van der Waals surface area contributed by atoms with Gasteiger partial charge in [0.25, 0.3) is 0 Å². The summed E-state index contributed by atoms with van der Waals surface area (Å²) >= 11 is 1.80. The Labute approximate surface area is 184 Å². The van der Waals surface area contributed by atoms with Gasteiger partial charge in [0.15, 0.2) is 11.8 Å². The Bertz CT molecular complexity index is 780. The maximum Gasteiger partial charge on any atom is 0.191 e. The number of aryl methyl sites for hydroxylation is 1. The topological polar surface area (TPSA) is 76.4 Å². The van der Waals surface area contributed by atoms with Gasteiger partial charge in [-0.05, 0) is 56.4 Å². The standard InChI is InChI=1S/C22H36N6OS/c1-4-29-14-12-22(10-5-6-11-22)17-25-21(23-13-9-19-8-7-15-30-19)24-16-20-27-26-18(2)28(20)3/h7-8,15H,4-6,9-14,16-17H2,1-3H3,(H2,23,24,25). The highest BCUT2D eigenvalue weighted by Gasteiger charge is 2.33. The van der Waals surface area contributed by atoms with Crippen LogP contribution in [-0.4, -0.2) is 47.0 Å². The van der Waals surface area contributed by atoms with E-state index in [2.05, 4.69) is 45.3 Å². The van der Waals surface area contributed by atoms with Gasteiger partial charge in [-0.2, -0.15) is 0 Å². The maximum atomic E-state index is 5.66. The van der Waals surface area contributed by atoms with Crippen LogP contribution < -0.4 is 10.6 Å². The molecule has 0 unspecified atom stereocenters. The van der Waals surface area contributed by atoms with Crippen molar-refractivity contribution in [3.8, 4) is 0 Å². The molecule has 7 nitrogen and oxygen atoms in total. The number of nitrogens with one attached hydrogen (secondary N) is 2. The fraction of sp³-hybridized carbons (Fsp3) is 0.682. The Morgan fingerprint density at radius 1 is 1.30 bits per heavy atom. The molecule has 1 fully saturated rings. The predicted molar refractivity (Wildman–Crippen MR) is 123 cm³/mol. The second-order valence-corrected chi connectivity index (χ2v) is 9.18. The van der Waals surface area contributed by atoms with E-state index in [1.165, 1.54) is 30.6 Å². The summed E-state index contributed by atoms with van der Waals surface area (Å²) in [7, 11) is 1.98. The van der Waals surface area contributed by atoms with Gasteiger partial charge < -0.3 is 19.9 Å². The van der Waals surface area contributed by atoms with Gasteiger partial charge in [0.1, 0.15) is 12.4 Å². The normalized spacial score (nSPS) is 16.2. The monoisotopic (exact) mass is 432 g/mol. The van der Waals surface area contributed by atoms with Crippen LogP contribution in [0.5, 0.6) is 0 Å². The lowest BCUT2D eigenvalue weighted by Gasteiger charge is -2.30. The molecule has 2 aromatic heterocycles. The van der Waals surface area contributed by atoms with E-state index in [-0.39, 0.29) is 0 Å². The van der Waals surface area contributed by atoms with Crippen LogP contribution in [0.15, 0.2) is 22.5 Å². The second kappa shape index (κ2) is 11.5. The van der Waals surface area contributed by atoms with Gasteiger partial charge in [-0.15, -0.1) is 21.5 Å². The summed E-state index contributed by atoms with van der Waals surface area (Å²) in [6.07, 6.45) is 7.25. The molecule has 2 N–H and O–H groups in total. The lowest BCUT2D eigenvalue weighted by Crippen LogP contribution is -2.44. The number of rotatable bonds is 11. The van der Waals surface area contributed by atoms with E-state index in [1.54, 1.807) is 11.3 Å². The zero-order valence-electron chi connectivity index (χ0n) is 18.6. The average Bonchev–Trinajstić information content (AvgIpc) is 3.49. The van der Waals surface area contributed by atoms with Crippen LogP contribution in [0.3, 0.4) is 0 Å². The summed E-state index contributed by atoms with van der Waals surface area (Å²) in [6.45, 7) is 7.96. The molecular formula is C22H36N6OS. The number of aromatic nitrogens is 3. The van der Waals surface area contributed by atoms with E-state index in [0.29, 0.717) is 12.0 Å². The van der Waals surface area contributed by atoms with E-state index < -0.39 is 0 Å². The van der Waals surface area contributed by atoms with E-state index >= 15 is 0 Å². The summed E-state index contributed by atoms with van der Waals surface area (Å²) in [5, 5.41) is 17.7. The molecule has 0 aromatic carbocycles. The lowest BCUT2D eigenvalue weighted by atomic mass is 9.83. The number of ether oxygens (including phenoxy) is 1. The first-order chi connectivity index (χ1) is 14.6. The summed E-state index contributed by atoms with van der Waals surface area (Å²) in [5.74, 6) is 2.63. The third kappa shape index (κ3) is 6.54. The Kier molecular flexibility index (Phi) is 8.69. The van der Waals surface area contributed by atoms with Crippen molar-refractivity contribution < 1.29 is 4.74 Å². The molecule has 0 atom stereocenters. The fourth-order valence-corrected chi connectivity index (χ4v) is 4.73. The third-order valence-electron chi connectivity index (χ3n) is 6.08. The number of aliphatic imine (C=N–C) groups is 1. The van der Waals surface area contributed by atoms with E-state index in [9.17, 15) is 0 Å². The predicted octanol–water partition coefficient (Wildman–Crippen LogP) is 3.45. The number of thiophene rings is 1. The smallest absolute Gasteiger partial charge is 0.191 e. The van der Waals surface area contributed by atoms with Gasteiger partial charge in [0, 0.05) is 38.2 Å². The number of hydrogen-bond donors (Lipinski definition) is 2. The molecule has 166 valence electrons. The van der Waals surface area contributed by atoms with Crippen molar-refractivity contribution in [2.24, 2.45) is 17.5 Å². The van der Waals surface area contributed by atoms with Crippen LogP contribution >= 0.6 is 11.3 Å². The minimum Gasteiger partial charge on any atom is -0.382 e. The summed E-state index contributed by atoms with van der Waals surface area (Å²) in [4.78, 5) is 6.20. The molecule has 1 aliphatic rings. The molecular weight excluding hydrogens is 396 g/mol. The van der Waals surface area contributed by atoms with E-state index in [1.807, 2.05) is 18.5 Å². The van der Waals surface area contributed by atoms with E-state index in [0.717, 1.165) is 56.8 Å². The zero-order valence-corrected chi connectivity index (χ0v) is 19.4. The number of hydrogen-bond acceptors (Lipinski definition) is 5. The van der Waals surface area contributed by atoms with Gasteiger partial charge in [0.05, 0.1) is 0 Å². The highest BCUT2D eigenvalue weighted by molar-refractivity contribution is 7.09. The van der Waals surface area contributed by atoms with Crippen molar-refractivity contribution >= 4 is 17.3 Å². The van der Waals surface area contributed by atoms with Crippen LogP contribution in [0.25, 0.3) is 0 Å². The Hall–Kier alpha value is -1.93.